The number of benzene rings is 8. The topological polar surface area (TPSA) is 13.1 Å². The summed E-state index contributed by atoms with van der Waals surface area (Å²) in [6, 6.07) is 59.1. The summed E-state index contributed by atoms with van der Waals surface area (Å²) in [6.45, 7) is 15.7. The Hall–Kier alpha value is -6.70. The van der Waals surface area contributed by atoms with Gasteiger partial charge in [0.1, 0.15) is 11.2 Å². The second-order valence-corrected chi connectivity index (χ2v) is 17.6. The van der Waals surface area contributed by atoms with Crippen LogP contribution in [0.4, 0.5) is 0 Å². The van der Waals surface area contributed by atoms with Gasteiger partial charge in [-0.15, -0.1) is 0 Å². The van der Waals surface area contributed by atoms with Crippen LogP contribution in [0.3, 0.4) is 0 Å². The van der Waals surface area contributed by atoms with Gasteiger partial charge in [0.05, 0.1) is 0 Å². The number of furan rings is 1. The fourth-order valence-corrected chi connectivity index (χ4v) is 10.3. The van der Waals surface area contributed by atoms with Crippen LogP contribution in [0, 0.1) is 0 Å². The van der Waals surface area contributed by atoms with E-state index in [0.717, 1.165) is 45.0 Å². The molecule has 0 unspecified atom stereocenters. The largest absolute Gasteiger partial charge is 0.456 e. The molecule has 11 rings (SSSR count). The van der Waals surface area contributed by atoms with E-state index in [1.165, 1.54) is 83.5 Å². The standard InChI is InChI=1S/C58H46O/c1-7-35-17-21-37(22-18-35)47-33-55-49(31-45(47)39-25-27-43-41-13-9-11-15-51(41)57(3,4)53(43)29-39)50-32-46(48(34-56(50)59-55)38-23-19-36(8-2)20-24-38)40-26-28-44-42-14-10-12-16-52(42)58(5,6)54(44)30-40/h7,9-34H,1,8H2,2-6H3. The van der Waals surface area contributed by atoms with Crippen molar-refractivity contribution >= 4 is 28.0 Å². The fourth-order valence-electron chi connectivity index (χ4n) is 10.3. The summed E-state index contributed by atoms with van der Waals surface area (Å²) in [4.78, 5) is 0. The molecule has 0 fully saturated rings. The van der Waals surface area contributed by atoms with Crippen molar-refractivity contribution in [3.63, 3.8) is 0 Å². The van der Waals surface area contributed by atoms with E-state index in [1.807, 2.05) is 6.08 Å². The summed E-state index contributed by atoms with van der Waals surface area (Å²) in [5.41, 5.74) is 24.3. The van der Waals surface area contributed by atoms with E-state index in [-0.39, 0.29) is 10.8 Å². The molecule has 0 N–H and O–H groups in total. The van der Waals surface area contributed by atoms with Crippen LogP contribution in [-0.2, 0) is 17.3 Å². The molecular weight excluding hydrogens is 713 g/mol. The third-order valence-corrected chi connectivity index (χ3v) is 13.7. The van der Waals surface area contributed by atoms with Crippen LogP contribution in [0.1, 0.15) is 68.0 Å². The van der Waals surface area contributed by atoms with Crippen LogP contribution >= 0.6 is 0 Å². The first kappa shape index (κ1) is 35.5. The molecule has 9 aromatic rings. The molecule has 0 radical (unpaired) electrons. The predicted molar refractivity (Wildman–Crippen MR) is 250 cm³/mol. The van der Waals surface area contributed by atoms with E-state index < -0.39 is 0 Å². The quantitative estimate of drug-likeness (QED) is 0.165. The Balaban J connectivity index is 1.15. The highest BCUT2D eigenvalue weighted by Crippen LogP contribution is 2.52. The summed E-state index contributed by atoms with van der Waals surface area (Å²) in [7, 11) is 0. The average molecular weight is 759 g/mol. The molecule has 0 atom stereocenters. The van der Waals surface area contributed by atoms with Crippen LogP contribution in [0.5, 0.6) is 0 Å². The predicted octanol–water partition coefficient (Wildman–Crippen LogP) is 16.1. The fraction of sp³-hybridized carbons (Fsp3) is 0.138. The Labute approximate surface area is 347 Å². The summed E-state index contributed by atoms with van der Waals surface area (Å²) < 4.78 is 6.93. The Morgan fingerprint density at radius 3 is 1.29 bits per heavy atom. The summed E-state index contributed by atoms with van der Waals surface area (Å²) >= 11 is 0. The Bertz CT molecular complexity index is 3180. The molecule has 0 spiro atoms. The van der Waals surface area contributed by atoms with Crippen molar-refractivity contribution < 1.29 is 4.42 Å². The van der Waals surface area contributed by atoms with Gasteiger partial charge in [-0.1, -0.05) is 169 Å². The lowest BCUT2D eigenvalue weighted by Gasteiger charge is -2.22. The zero-order valence-electron chi connectivity index (χ0n) is 34.4. The van der Waals surface area contributed by atoms with Gasteiger partial charge in [0.25, 0.3) is 0 Å². The van der Waals surface area contributed by atoms with Crippen molar-refractivity contribution in [2.24, 2.45) is 0 Å². The summed E-state index contributed by atoms with van der Waals surface area (Å²) in [5, 5.41) is 2.24. The molecule has 2 aliphatic rings. The molecule has 1 aromatic heterocycles. The zero-order chi connectivity index (χ0) is 40.2. The lowest BCUT2D eigenvalue weighted by atomic mass is 9.81. The number of rotatable bonds is 6. The lowest BCUT2D eigenvalue weighted by Crippen LogP contribution is -2.14. The Morgan fingerprint density at radius 2 is 0.831 bits per heavy atom. The monoisotopic (exact) mass is 758 g/mol. The average Bonchev–Trinajstić information content (AvgIpc) is 3.83. The van der Waals surface area contributed by atoms with Gasteiger partial charge in [-0.05, 0) is 143 Å². The van der Waals surface area contributed by atoms with Gasteiger partial charge >= 0.3 is 0 Å². The zero-order valence-corrected chi connectivity index (χ0v) is 34.4. The Kier molecular flexibility index (Phi) is 7.75. The van der Waals surface area contributed by atoms with E-state index >= 15 is 0 Å². The molecule has 0 bridgehead atoms. The molecule has 0 saturated heterocycles. The number of hydrogen-bond donors (Lipinski definition) is 0. The lowest BCUT2D eigenvalue weighted by molar-refractivity contribution is 0.660. The maximum atomic E-state index is 6.93. The molecule has 1 heterocycles. The van der Waals surface area contributed by atoms with Crippen LogP contribution in [0.15, 0.2) is 169 Å². The molecule has 0 saturated carbocycles. The van der Waals surface area contributed by atoms with E-state index in [4.69, 9.17) is 4.42 Å². The highest BCUT2D eigenvalue weighted by molar-refractivity contribution is 6.12. The highest BCUT2D eigenvalue weighted by atomic mass is 16.3. The van der Waals surface area contributed by atoms with E-state index in [2.05, 4.69) is 199 Å². The molecular formula is C58H46O. The van der Waals surface area contributed by atoms with Crippen molar-refractivity contribution in [2.45, 2.75) is 51.9 Å². The number of fused-ring (bicyclic) bond motifs is 9. The van der Waals surface area contributed by atoms with Crippen LogP contribution in [0.2, 0.25) is 0 Å². The molecule has 1 nitrogen and oxygen atoms in total. The second-order valence-electron chi connectivity index (χ2n) is 17.6. The van der Waals surface area contributed by atoms with Gasteiger partial charge in [0, 0.05) is 21.6 Å². The molecule has 1 heteroatoms. The maximum Gasteiger partial charge on any atom is 0.136 e. The number of aryl methyl sites for hydroxylation is 1. The first-order valence-corrected chi connectivity index (χ1v) is 21.0. The van der Waals surface area contributed by atoms with Gasteiger partial charge in [0.15, 0.2) is 0 Å². The van der Waals surface area contributed by atoms with Crippen LogP contribution in [-0.4, -0.2) is 0 Å². The SMILES string of the molecule is C=Cc1ccc(-c2cc3oc4cc(-c5ccc(CC)cc5)c(-c5ccc6c(c5)C(C)(C)c5ccccc5-6)cc4c3cc2-c2ccc3c(c2)C(C)(C)c2ccccc2-3)cc1. The minimum atomic E-state index is -0.105. The third kappa shape index (κ3) is 5.31. The molecule has 8 aromatic carbocycles. The maximum absolute atomic E-state index is 6.93. The van der Waals surface area contributed by atoms with Crippen molar-refractivity contribution in [2.75, 3.05) is 0 Å². The van der Waals surface area contributed by atoms with Crippen LogP contribution < -0.4 is 0 Å². The smallest absolute Gasteiger partial charge is 0.136 e. The Morgan fingerprint density at radius 1 is 0.424 bits per heavy atom. The molecule has 0 amide bonds. The molecule has 2 aliphatic carbocycles. The first-order chi connectivity index (χ1) is 28.6. The van der Waals surface area contributed by atoms with Crippen molar-refractivity contribution in [3.05, 3.63) is 198 Å². The molecule has 59 heavy (non-hydrogen) atoms. The third-order valence-electron chi connectivity index (χ3n) is 13.7. The normalized spacial score (nSPS) is 14.3. The van der Waals surface area contributed by atoms with Crippen molar-refractivity contribution in [3.8, 4) is 66.8 Å². The van der Waals surface area contributed by atoms with E-state index in [0.29, 0.717) is 0 Å². The van der Waals surface area contributed by atoms with Crippen molar-refractivity contribution in [1.82, 2.24) is 0 Å². The van der Waals surface area contributed by atoms with Crippen LogP contribution in [0.25, 0.3) is 94.8 Å². The molecule has 0 aliphatic heterocycles. The summed E-state index contributed by atoms with van der Waals surface area (Å²) in [6.07, 6.45) is 2.91. The first-order valence-electron chi connectivity index (χ1n) is 21.0. The van der Waals surface area contributed by atoms with Gasteiger partial charge in [-0.25, -0.2) is 0 Å². The molecule has 284 valence electrons. The van der Waals surface area contributed by atoms with Gasteiger partial charge in [0.2, 0.25) is 0 Å². The highest BCUT2D eigenvalue weighted by Gasteiger charge is 2.37. The van der Waals surface area contributed by atoms with Gasteiger partial charge in [-0.3, -0.25) is 0 Å². The second kappa shape index (κ2) is 12.9. The minimum Gasteiger partial charge on any atom is -0.456 e. The van der Waals surface area contributed by atoms with Gasteiger partial charge < -0.3 is 4.42 Å². The minimum absolute atomic E-state index is 0.0989. The number of hydrogen-bond acceptors (Lipinski definition) is 1. The summed E-state index contributed by atoms with van der Waals surface area (Å²) in [5.74, 6) is 0. The van der Waals surface area contributed by atoms with E-state index in [9.17, 15) is 0 Å². The van der Waals surface area contributed by atoms with E-state index in [1.54, 1.807) is 0 Å². The van der Waals surface area contributed by atoms with Crippen molar-refractivity contribution in [1.29, 1.82) is 0 Å². The van der Waals surface area contributed by atoms with Gasteiger partial charge in [-0.2, -0.15) is 0 Å².